The molecule has 0 saturated heterocycles. The van der Waals surface area contributed by atoms with Crippen molar-refractivity contribution in [2.24, 2.45) is 0 Å². The van der Waals surface area contributed by atoms with Crippen LogP contribution in [0.4, 0.5) is 0 Å². The highest BCUT2D eigenvalue weighted by Gasteiger charge is 2.18. The number of nitrogens with zero attached hydrogens (tertiary/aromatic N) is 3. The Morgan fingerprint density at radius 2 is 0.922 bits per heavy atom. The summed E-state index contributed by atoms with van der Waals surface area (Å²) in [6.07, 6.45) is 0. The van der Waals surface area contributed by atoms with Gasteiger partial charge in [0.2, 0.25) is 0 Å². The van der Waals surface area contributed by atoms with Gasteiger partial charge in [-0.2, -0.15) is 0 Å². The molecule has 0 radical (unpaired) electrons. The number of hydrogen-bond acceptors (Lipinski definition) is 4. The predicted octanol–water partition coefficient (Wildman–Crippen LogP) is 12.9. The Bertz CT molecular complexity index is 2880. The van der Waals surface area contributed by atoms with Gasteiger partial charge in [0.05, 0.1) is 16.9 Å². The Balaban J connectivity index is 1.18. The monoisotopic (exact) mass is 667 g/mol. The quantitative estimate of drug-likeness (QED) is 0.171. The summed E-state index contributed by atoms with van der Waals surface area (Å²) in [7, 11) is 0. The third-order valence-corrected chi connectivity index (χ3v) is 10.9. The van der Waals surface area contributed by atoms with Crippen molar-refractivity contribution < 1.29 is 0 Å². The van der Waals surface area contributed by atoms with Gasteiger partial charge in [0.25, 0.3) is 0 Å². The van der Waals surface area contributed by atoms with Gasteiger partial charge in [-0.15, -0.1) is 11.3 Å². The molecule has 0 N–H and O–H groups in total. The first kappa shape index (κ1) is 29.4. The van der Waals surface area contributed by atoms with Crippen molar-refractivity contribution in [3.8, 4) is 56.2 Å². The molecule has 3 nitrogen and oxygen atoms in total. The fourth-order valence-corrected chi connectivity index (χ4v) is 8.24. The maximum Gasteiger partial charge on any atom is 0.160 e. The summed E-state index contributed by atoms with van der Waals surface area (Å²) in [5, 5.41) is 4.65. The number of fused-ring (bicyclic) bond motifs is 6. The smallest absolute Gasteiger partial charge is 0.160 e. The molecular formula is C47H29N3S. The van der Waals surface area contributed by atoms with Gasteiger partial charge in [-0.1, -0.05) is 146 Å². The lowest BCUT2D eigenvalue weighted by atomic mass is 9.95. The molecule has 10 rings (SSSR count). The van der Waals surface area contributed by atoms with Crippen LogP contribution in [0, 0.1) is 0 Å². The third kappa shape index (κ3) is 5.16. The second-order valence-corrected chi connectivity index (χ2v) is 13.9. The largest absolute Gasteiger partial charge is 0.245 e. The molecule has 3 heterocycles. The van der Waals surface area contributed by atoms with E-state index in [1.165, 1.54) is 31.3 Å². The van der Waals surface area contributed by atoms with Gasteiger partial charge >= 0.3 is 0 Å². The Hall–Kier alpha value is -6.49. The summed E-state index contributed by atoms with van der Waals surface area (Å²) < 4.78 is 2.63. The molecule has 0 spiro atoms. The van der Waals surface area contributed by atoms with Crippen molar-refractivity contribution in [2.75, 3.05) is 0 Å². The van der Waals surface area contributed by atoms with Crippen LogP contribution in [0.2, 0.25) is 0 Å². The maximum atomic E-state index is 5.41. The average molecular weight is 668 g/mol. The second kappa shape index (κ2) is 12.1. The van der Waals surface area contributed by atoms with E-state index in [4.69, 9.17) is 15.0 Å². The Kier molecular flexibility index (Phi) is 7.00. The highest BCUT2D eigenvalue weighted by Crippen LogP contribution is 2.40. The van der Waals surface area contributed by atoms with Crippen LogP contribution in [0.3, 0.4) is 0 Å². The van der Waals surface area contributed by atoms with E-state index >= 15 is 0 Å². The van der Waals surface area contributed by atoms with Crippen molar-refractivity contribution in [3.05, 3.63) is 176 Å². The molecule has 238 valence electrons. The highest BCUT2D eigenvalue weighted by molar-refractivity contribution is 7.25. The Labute approximate surface area is 299 Å². The van der Waals surface area contributed by atoms with Gasteiger partial charge in [-0.3, -0.25) is 0 Å². The number of pyridine rings is 1. The fraction of sp³-hybridized carbons (Fsp3) is 0. The lowest BCUT2D eigenvalue weighted by molar-refractivity contribution is 1.23. The summed E-state index contributed by atoms with van der Waals surface area (Å²) in [4.78, 5) is 15.8. The minimum absolute atomic E-state index is 0.683. The van der Waals surface area contributed by atoms with E-state index in [1.54, 1.807) is 0 Å². The first-order chi connectivity index (χ1) is 25.3. The highest BCUT2D eigenvalue weighted by atomic mass is 32.1. The molecular weight excluding hydrogens is 639 g/mol. The Morgan fingerprint density at radius 3 is 1.69 bits per heavy atom. The molecule has 0 fully saturated rings. The zero-order chi connectivity index (χ0) is 33.7. The van der Waals surface area contributed by atoms with Gasteiger partial charge in [0.15, 0.2) is 5.82 Å². The van der Waals surface area contributed by atoms with Gasteiger partial charge in [-0.25, -0.2) is 15.0 Å². The van der Waals surface area contributed by atoms with Crippen LogP contribution in [0.1, 0.15) is 0 Å². The Morgan fingerprint density at radius 1 is 0.333 bits per heavy atom. The maximum absolute atomic E-state index is 5.41. The lowest BCUT2D eigenvalue weighted by Crippen LogP contribution is -1.98. The normalized spacial score (nSPS) is 11.5. The van der Waals surface area contributed by atoms with Crippen molar-refractivity contribution in [3.63, 3.8) is 0 Å². The van der Waals surface area contributed by atoms with Gasteiger partial charge < -0.3 is 0 Å². The van der Waals surface area contributed by atoms with Crippen molar-refractivity contribution in [1.82, 2.24) is 15.0 Å². The van der Waals surface area contributed by atoms with E-state index in [0.717, 1.165) is 61.0 Å². The molecule has 0 saturated carbocycles. The molecule has 0 aliphatic carbocycles. The average Bonchev–Trinajstić information content (AvgIpc) is 3.59. The van der Waals surface area contributed by atoms with E-state index < -0.39 is 0 Å². The predicted molar refractivity (Wildman–Crippen MR) is 215 cm³/mol. The van der Waals surface area contributed by atoms with E-state index in [1.807, 2.05) is 35.6 Å². The first-order valence-electron chi connectivity index (χ1n) is 17.1. The minimum atomic E-state index is 0.683. The number of thiophene rings is 1. The van der Waals surface area contributed by atoms with Crippen LogP contribution in [-0.4, -0.2) is 15.0 Å². The van der Waals surface area contributed by atoms with Crippen LogP contribution in [0.25, 0.3) is 98.1 Å². The molecule has 4 heteroatoms. The van der Waals surface area contributed by atoms with Crippen molar-refractivity contribution in [1.29, 1.82) is 0 Å². The van der Waals surface area contributed by atoms with E-state index in [0.29, 0.717) is 5.82 Å². The summed E-state index contributed by atoms with van der Waals surface area (Å²) >= 11 is 1.85. The van der Waals surface area contributed by atoms with E-state index in [-0.39, 0.29) is 0 Å². The molecule has 0 aliphatic rings. The molecule has 0 aliphatic heterocycles. The van der Waals surface area contributed by atoms with Crippen LogP contribution in [-0.2, 0) is 0 Å². The standard InChI is InChI=1S/C47H29N3S/c1-4-12-31(13-5-1)39-29-41(32-22-20-30(21-23-32)35-24-27-43-40(28-35)36-18-10-11-19-42(36)51-43)48-45-37(39)25-26-38-44(33-14-6-2-7-15-33)49-47(50-46(38)45)34-16-8-3-9-17-34/h1-29H. The lowest BCUT2D eigenvalue weighted by Gasteiger charge is -2.15. The van der Waals surface area contributed by atoms with Crippen LogP contribution in [0.5, 0.6) is 0 Å². The molecule has 0 atom stereocenters. The molecule has 0 amide bonds. The van der Waals surface area contributed by atoms with Gasteiger partial charge in [0, 0.05) is 47.6 Å². The topological polar surface area (TPSA) is 38.7 Å². The number of aromatic nitrogens is 3. The fourth-order valence-electron chi connectivity index (χ4n) is 7.15. The summed E-state index contributed by atoms with van der Waals surface area (Å²) in [5.41, 5.74) is 11.2. The molecule has 0 bridgehead atoms. The molecule has 7 aromatic carbocycles. The van der Waals surface area contributed by atoms with Crippen LogP contribution in [0.15, 0.2) is 176 Å². The number of rotatable bonds is 5. The summed E-state index contributed by atoms with van der Waals surface area (Å²) in [5.74, 6) is 0.683. The third-order valence-electron chi connectivity index (χ3n) is 9.70. The van der Waals surface area contributed by atoms with Crippen LogP contribution >= 0.6 is 11.3 Å². The summed E-state index contributed by atoms with van der Waals surface area (Å²) in [6, 6.07) is 62.0. The minimum Gasteiger partial charge on any atom is -0.245 e. The number of benzene rings is 7. The zero-order valence-electron chi connectivity index (χ0n) is 27.5. The van der Waals surface area contributed by atoms with Crippen molar-refractivity contribution in [2.45, 2.75) is 0 Å². The zero-order valence-corrected chi connectivity index (χ0v) is 28.3. The molecule has 10 aromatic rings. The van der Waals surface area contributed by atoms with E-state index in [9.17, 15) is 0 Å². The van der Waals surface area contributed by atoms with Gasteiger partial charge in [0.1, 0.15) is 5.52 Å². The second-order valence-electron chi connectivity index (χ2n) is 12.8. The SMILES string of the molecule is c1ccc(-c2nc(-c3ccccc3)c3ccc4c(-c5ccccc5)cc(-c5ccc(-c6ccc7sc8ccccc8c7c6)cc5)nc4c3n2)cc1. The van der Waals surface area contributed by atoms with Crippen molar-refractivity contribution >= 4 is 53.3 Å². The molecule has 51 heavy (non-hydrogen) atoms. The molecule has 3 aromatic heterocycles. The van der Waals surface area contributed by atoms with E-state index in [2.05, 4.69) is 152 Å². The summed E-state index contributed by atoms with van der Waals surface area (Å²) in [6.45, 7) is 0. The van der Waals surface area contributed by atoms with Gasteiger partial charge in [-0.05, 0) is 52.6 Å². The first-order valence-corrected chi connectivity index (χ1v) is 17.9. The number of hydrogen-bond donors (Lipinski definition) is 0. The molecule has 0 unspecified atom stereocenters. The van der Waals surface area contributed by atoms with Crippen LogP contribution < -0.4 is 0 Å².